The molecule has 0 N–H and O–H groups in total. The van der Waals surface area contributed by atoms with Crippen LogP contribution in [0.15, 0.2) is 48.5 Å². The first-order chi connectivity index (χ1) is 17.3. The molecular formula is C28H35ClFN5O. The maximum Gasteiger partial charge on any atom is 0.255 e. The minimum absolute atomic E-state index is 0.00418. The Morgan fingerprint density at radius 3 is 2.47 bits per heavy atom. The lowest BCUT2D eigenvalue weighted by atomic mass is 10.1. The number of nitrogens with zero attached hydrogens (tertiary/aromatic N) is 5. The molecule has 1 aliphatic heterocycles. The second-order valence-electron chi connectivity index (χ2n) is 9.37. The monoisotopic (exact) mass is 511 g/mol. The molecule has 2 heterocycles. The highest BCUT2D eigenvalue weighted by atomic mass is 35.5. The Morgan fingerprint density at radius 2 is 1.83 bits per heavy atom. The second kappa shape index (κ2) is 11.4. The van der Waals surface area contributed by atoms with Crippen LogP contribution < -0.4 is 4.90 Å². The Hall–Kier alpha value is -2.90. The smallest absolute Gasteiger partial charge is 0.255 e. The summed E-state index contributed by atoms with van der Waals surface area (Å²) in [5, 5.41) is 5.30. The van der Waals surface area contributed by atoms with E-state index < -0.39 is 0 Å². The third-order valence-electron chi connectivity index (χ3n) is 7.15. The zero-order valence-corrected chi connectivity index (χ0v) is 22.3. The van der Waals surface area contributed by atoms with Gasteiger partial charge in [0.1, 0.15) is 11.6 Å². The topological polar surface area (TPSA) is 44.6 Å². The average molecular weight is 512 g/mol. The minimum Gasteiger partial charge on any atom is -0.354 e. The van der Waals surface area contributed by atoms with Gasteiger partial charge in [0.05, 0.1) is 28.5 Å². The molecule has 1 atom stereocenters. The van der Waals surface area contributed by atoms with Crippen LogP contribution in [0.5, 0.6) is 0 Å². The number of halogens is 2. The SMILES string of the molecule is CCC(C)N(Cc1c(C)nn(-c2cccc(F)c2)c1N1CCN(CC)CC1)C(=O)c1ccccc1Cl. The lowest BCUT2D eigenvalue weighted by molar-refractivity contribution is 0.0671. The predicted octanol–water partition coefficient (Wildman–Crippen LogP) is 5.56. The van der Waals surface area contributed by atoms with Gasteiger partial charge in [-0.2, -0.15) is 5.10 Å². The number of aromatic nitrogens is 2. The first kappa shape index (κ1) is 26.2. The highest BCUT2D eigenvalue weighted by Gasteiger charge is 2.30. The first-order valence-corrected chi connectivity index (χ1v) is 13.1. The summed E-state index contributed by atoms with van der Waals surface area (Å²) >= 11 is 6.41. The molecule has 1 fully saturated rings. The summed E-state index contributed by atoms with van der Waals surface area (Å²) in [4.78, 5) is 20.3. The van der Waals surface area contributed by atoms with E-state index in [0.717, 1.165) is 56.2 Å². The van der Waals surface area contributed by atoms with Gasteiger partial charge in [-0.15, -0.1) is 0 Å². The molecule has 1 saturated heterocycles. The van der Waals surface area contributed by atoms with Crippen molar-refractivity contribution in [1.29, 1.82) is 0 Å². The van der Waals surface area contributed by atoms with Crippen LogP contribution in [0.1, 0.15) is 48.8 Å². The zero-order chi connectivity index (χ0) is 25.8. The lowest BCUT2D eigenvalue weighted by Gasteiger charge is -2.37. The molecule has 3 aromatic rings. The summed E-state index contributed by atoms with van der Waals surface area (Å²) in [5.41, 5.74) is 2.97. The van der Waals surface area contributed by atoms with Crippen LogP contribution in [0, 0.1) is 12.7 Å². The van der Waals surface area contributed by atoms with Crippen molar-refractivity contribution in [1.82, 2.24) is 19.6 Å². The second-order valence-corrected chi connectivity index (χ2v) is 9.78. The van der Waals surface area contributed by atoms with Gasteiger partial charge in [-0.05, 0) is 57.1 Å². The highest BCUT2D eigenvalue weighted by Crippen LogP contribution is 2.31. The average Bonchev–Trinajstić information content (AvgIpc) is 3.22. The maximum absolute atomic E-state index is 14.2. The van der Waals surface area contributed by atoms with E-state index in [9.17, 15) is 9.18 Å². The quantitative estimate of drug-likeness (QED) is 0.397. The number of anilines is 1. The van der Waals surface area contributed by atoms with Crippen LogP contribution in [0.3, 0.4) is 0 Å². The molecule has 1 aromatic heterocycles. The molecule has 8 heteroatoms. The normalized spacial score (nSPS) is 15.2. The van der Waals surface area contributed by atoms with Gasteiger partial charge < -0.3 is 14.7 Å². The molecule has 0 radical (unpaired) electrons. The maximum atomic E-state index is 14.2. The molecule has 192 valence electrons. The number of amides is 1. The Bertz CT molecular complexity index is 1200. The van der Waals surface area contributed by atoms with Crippen LogP contribution >= 0.6 is 11.6 Å². The minimum atomic E-state index is -0.306. The van der Waals surface area contributed by atoms with Crippen molar-refractivity contribution < 1.29 is 9.18 Å². The molecule has 4 rings (SSSR count). The molecule has 0 bridgehead atoms. The van der Waals surface area contributed by atoms with Crippen LogP contribution in [-0.4, -0.2) is 64.3 Å². The molecule has 1 aliphatic rings. The number of hydrogen-bond donors (Lipinski definition) is 0. The Labute approximate surface area is 218 Å². The van der Waals surface area contributed by atoms with E-state index in [2.05, 4.69) is 30.6 Å². The molecule has 1 amide bonds. The number of aryl methyl sites for hydroxylation is 1. The number of carbonyl (C=O) groups is 1. The fraction of sp³-hybridized carbons (Fsp3) is 0.429. The lowest BCUT2D eigenvalue weighted by Crippen LogP contribution is -2.47. The van der Waals surface area contributed by atoms with Crippen molar-refractivity contribution in [3.05, 3.63) is 76.2 Å². The van der Waals surface area contributed by atoms with E-state index in [1.165, 1.54) is 12.1 Å². The third kappa shape index (κ3) is 5.42. The summed E-state index contributed by atoms with van der Waals surface area (Å²) < 4.78 is 16.0. The predicted molar refractivity (Wildman–Crippen MR) is 144 cm³/mol. The van der Waals surface area contributed by atoms with Crippen LogP contribution in [-0.2, 0) is 6.54 Å². The molecule has 6 nitrogen and oxygen atoms in total. The van der Waals surface area contributed by atoms with Gasteiger partial charge in [0.15, 0.2) is 0 Å². The molecule has 0 aliphatic carbocycles. The van der Waals surface area contributed by atoms with Gasteiger partial charge in [-0.3, -0.25) is 4.79 Å². The first-order valence-electron chi connectivity index (χ1n) is 12.7. The van der Waals surface area contributed by atoms with Crippen LogP contribution in [0.25, 0.3) is 5.69 Å². The summed E-state index contributed by atoms with van der Waals surface area (Å²) in [6.45, 7) is 13.2. The van der Waals surface area contributed by atoms with E-state index in [-0.39, 0.29) is 17.8 Å². The third-order valence-corrected chi connectivity index (χ3v) is 7.48. The van der Waals surface area contributed by atoms with E-state index in [1.807, 2.05) is 34.7 Å². The Kier molecular flexibility index (Phi) is 8.32. The van der Waals surface area contributed by atoms with Crippen molar-refractivity contribution in [3.8, 4) is 5.69 Å². The van der Waals surface area contributed by atoms with Crippen LogP contribution in [0.2, 0.25) is 5.02 Å². The summed E-state index contributed by atoms with van der Waals surface area (Å²) in [6, 6.07) is 13.7. The van der Waals surface area contributed by atoms with Crippen molar-refractivity contribution in [2.45, 2.75) is 46.7 Å². The van der Waals surface area contributed by atoms with Crippen molar-refractivity contribution in [2.24, 2.45) is 0 Å². The fourth-order valence-corrected chi connectivity index (χ4v) is 4.95. The van der Waals surface area contributed by atoms with E-state index in [4.69, 9.17) is 16.7 Å². The van der Waals surface area contributed by atoms with E-state index in [0.29, 0.717) is 22.8 Å². The molecule has 36 heavy (non-hydrogen) atoms. The number of rotatable bonds is 8. The fourth-order valence-electron chi connectivity index (χ4n) is 4.73. The van der Waals surface area contributed by atoms with Gasteiger partial charge in [0.2, 0.25) is 0 Å². The van der Waals surface area contributed by atoms with Gasteiger partial charge in [0, 0.05) is 37.8 Å². The number of hydrogen-bond acceptors (Lipinski definition) is 4. The number of benzene rings is 2. The molecule has 0 spiro atoms. The molecule has 0 saturated carbocycles. The highest BCUT2D eigenvalue weighted by molar-refractivity contribution is 6.33. The summed E-state index contributed by atoms with van der Waals surface area (Å²) in [6.07, 6.45) is 0.803. The van der Waals surface area contributed by atoms with Gasteiger partial charge >= 0.3 is 0 Å². The van der Waals surface area contributed by atoms with Crippen molar-refractivity contribution in [2.75, 3.05) is 37.6 Å². The van der Waals surface area contributed by atoms with E-state index in [1.54, 1.807) is 18.2 Å². The summed E-state index contributed by atoms with van der Waals surface area (Å²) in [7, 11) is 0. The Morgan fingerprint density at radius 1 is 1.11 bits per heavy atom. The van der Waals surface area contributed by atoms with Gasteiger partial charge in [0.25, 0.3) is 5.91 Å². The van der Waals surface area contributed by atoms with Crippen molar-refractivity contribution in [3.63, 3.8) is 0 Å². The molecular weight excluding hydrogens is 477 g/mol. The zero-order valence-electron chi connectivity index (χ0n) is 21.5. The number of carbonyl (C=O) groups excluding carboxylic acids is 1. The number of piperazine rings is 1. The standard InChI is InChI=1S/C28H35ClFN5O/c1-5-20(3)34(28(36)24-12-7-8-13-26(24)29)19-25-21(4)31-35(23-11-9-10-22(30)18-23)27(25)33-16-14-32(6-2)15-17-33/h7-13,18,20H,5-6,14-17,19H2,1-4H3. The van der Waals surface area contributed by atoms with Crippen LogP contribution in [0.4, 0.5) is 10.2 Å². The van der Waals surface area contributed by atoms with Gasteiger partial charge in [-0.1, -0.05) is 43.6 Å². The summed E-state index contributed by atoms with van der Waals surface area (Å²) in [5.74, 6) is 0.516. The molecule has 2 aromatic carbocycles. The number of likely N-dealkylation sites (N-methyl/N-ethyl adjacent to an activating group) is 1. The van der Waals surface area contributed by atoms with Gasteiger partial charge in [-0.25, -0.2) is 9.07 Å². The largest absolute Gasteiger partial charge is 0.354 e. The molecule has 1 unspecified atom stereocenters. The Balaban J connectivity index is 1.78. The van der Waals surface area contributed by atoms with E-state index >= 15 is 0 Å². The van der Waals surface area contributed by atoms with Crippen molar-refractivity contribution >= 4 is 23.3 Å².